The van der Waals surface area contributed by atoms with Crippen LogP contribution in [0.2, 0.25) is 0 Å². The minimum atomic E-state index is -0.418. The lowest BCUT2D eigenvalue weighted by atomic mass is 9.84. The van der Waals surface area contributed by atoms with E-state index in [1.807, 2.05) is 54.6 Å². The van der Waals surface area contributed by atoms with Crippen molar-refractivity contribution >= 4 is 11.3 Å². The number of benzene rings is 2. The monoisotopic (exact) mass is 428 g/mol. The third-order valence-electron chi connectivity index (χ3n) is 6.15. The number of fused-ring (bicyclic) bond motifs is 1. The van der Waals surface area contributed by atoms with Gasteiger partial charge < -0.3 is 4.74 Å². The molecule has 2 heterocycles. The van der Waals surface area contributed by atoms with Gasteiger partial charge in [-0.2, -0.15) is 5.10 Å². The second-order valence-corrected chi connectivity index (χ2v) is 8.21. The van der Waals surface area contributed by atoms with E-state index in [1.54, 1.807) is 10.7 Å². The van der Waals surface area contributed by atoms with Gasteiger partial charge in [0.05, 0.1) is 10.6 Å². The molecule has 0 spiro atoms. The van der Waals surface area contributed by atoms with Gasteiger partial charge in [-0.05, 0) is 36.1 Å². The Hall–Kier alpha value is -3.74. The maximum atomic E-state index is 11.4. The van der Waals surface area contributed by atoms with Gasteiger partial charge in [0.25, 0.3) is 0 Å². The maximum Gasteiger partial charge on any atom is 0.333 e. The third-order valence-corrected chi connectivity index (χ3v) is 6.15. The summed E-state index contributed by atoms with van der Waals surface area (Å²) in [5.74, 6) is 1.10. The number of nitro groups is 1. The lowest BCUT2D eigenvalue weighted by Gasteiger charge is -2.24. The van der Waals surface area contributed by atoms with Crippen molar-refractivity contribution in [2.45, 2.75) is 44.6 Å². The first-order chi connectivity index (χ1) is 15.7. The largest absolute Gasteiger partial charge is 0.489 e. The SMILES string of the molecule is O=[N+]([O-])c1cnn2c(C3CCCCC3)c(-c3ccc(OCc4ccccc4)cc3)cnc12. The minimum absolute atomic E-state index is 0.0572. The lowest BCUT2D eigenvalue weighted by Crippen LogP contribution is -2.12. The van der Waals surface area contributed by atoms with Crippen molar-refractivity contribution in [1.29, 1.82) is 0 Å². The van der Waals surface area contributed by atoms with Crippen molar-refractivity contribution in [2.24, 2.45) is 0 Å². The van der Waals surface area contributed by atoms with E-state index in [4.69, 9.17) is 4.74 Å². The van der Waals surface area contributed by atoms with E-state index in [0.29, 0.717) is 18.2 Å². The number of hydrogen-bond acceptors (Lipinski definition) is 5. The summed E-state index contributed by atoms with van der Waals surface area (Å²) in [4.78, 5) is 15.4. The minimum Gasteiger partial charge on any atom is -0.489 e. The average molecular weight is 428 g/mol. The van der Waals surface area contributed by atoms with E-state index in [2.05, 4.69) is 10.1 Å². The second-order valence-electron chi connectivity index (χ2n) is 8.21. The molecule has 32 heavy (non-hydrogen) atoms. The molecule has 0 atom stereocenters. The van der Waals surface area contributed by atoms with Gasteiger partial charge in [0.2, 0.25) is 5.65 Å². The predicted octanol–water partition coefficient (Wildman–Crippen LogP) is 5.93. The van der Waals surface area contributed by atoms with Crippen LogP contribution in [0.15, 0.2) is 67.0 Å². The predicted molar refractivity (Wildman–Crippen MR) is 122 cm³/mol. The summed E-state index contributed by atoms with van der Waals surface area (Å²) < 4.78 is 7.61. The van der Waals surface area contributed by atoms with Crippen LogP contribution in [0.3, 0.4) is 0 Å². The number of nitrogens with zero attached hydrogens (tertiary/aromatic N) is 4. The Kier molecular flexibility index (Phi) is 5.54. The molecule has 0 bridgehead atoms. The van der Waals surface area contributed by atoms with E-state index in [-0.39, 0.29) is 5.69 Å². The van der Waals surface area contributed by atoms with Crippen molar-refractivity contribution in [3.8, 4) is 16.9 Å². The highest BCUT2D eigenvalue weighted by Crippen LogP contribution is 2.39. The molecule has 4 aromatic rings. The van der Waals surface area contributed by atoms with Gasteiger partial charge in [0.1, 0.15) is 18.6 Å². The highest BCUT2D eigenvalue weighted by atomic mass is 16.6. The van der Waals surface area contributed by atoms with E-state index >= 15 is 0 Å². The van der Waals surface area contributed by atoms with Gasteiger partial charge in [-0.15, -0.1) is 0 Å². The van der Waals surface area contributed by atoms with Crippen LogP contribution in [0.4, 0.5) is 5.69 Å². The summed E-state index contributed by atoms with van der Waals surface area (Å²) in [7, 11) is 0. The Balaban J connectivity index is 1.49. The molecule has 0 aliphatic heterocycles. The normalized spacial score (nSPS) is 14.5. The molecular formula is C25H24N4O3. The molecular weight excluding hydrogens is 404 g/mol. The molecule has 162 valence electrons. The molecule has 0 radical (unpaired) electrons. The molecule has 0 unspecified atom stereocenters. The van der Waals surface area contributed by atoms with Crippen LogP contribution in [0.25, 0.3) is 16.8 Å². The fraction of sp³-hybridized carbons (Fsp3) is 0.280. The lowest BCUT2D eigenvalue weighted by molar-refractivity contribution is -0.383. The first-order valence-corrected chi connectivity index (χ1v) is 11.0. The first kappa shape index (κ1) is 20.2. The Morgan fingerprint density at radius 3 is 2.47 bits per heavy atom. The van der Waals surface area contributed by atoms with E-state index in [1.165, 1.54) is 12.6 Å². The molecule has 1 aliphatic rings. The van der Waals surface area contributed by atoms with Crippen molar-refractivity contribution in [1.82, 2.24) is 14.6 Å². The molecule has 2 aromatic carbocycles. The Labute approximate surface area is 185 Å². The quantitative estimate of drug-likeness (QED) is 0.281. The van der Waals surface area contributed by atoms with Crippen LogP contribution < -0.4 is 4.74 Å². The molecule has 0 amide bonds. The average Bonchev–Trinajstić information content (AvgIpc) is 3.28. The maximum absolute atomic E-state index is 11.4. The number of aromatic nitrogens is 3. The second kappa shape index (κ2) is 8.78. The smallest absolute Gasteiger partial charge is 0.333 e. The first-order valence-electron chi connectivity index (χ1n) is 11.0. The van der Waals surface area contributed by atoms with Crippen molar-refractivity contribution in [3.63, 3.8) is 0 Å². The van der Waals surface area contributed by atoms with Gasteiger partial charge in [-0.3, -0.25) is 10.1 Å². The van der Waals surface area contributed by atoms with Gasteiger partial charge >= 0.3 is 5.69 Å². The van der Waals surface area contributed by atoms with Gasteiger partial charge in [0.15, 0.2) is 0 Å². The van der Waals surface area contributed by atoms with Crippen molar-refractivity contribution < 1.29 is 9.66 Å². The van der Waals surface area contributed by atoms with Gasteiger partial charge in [-0.25, -0.2) is 9.50 Å². The molecule has 7 heteroatoms. The van der Waals surface area contributed by atoms with Gasteiger partial charge in [-0.1, -0.05) is 61.7 Å². The molecule has 1 saturated carbocycles. The summed E-state index contributed by atoms with van der Waals surface area (Å²) in [5, 5.41) is 15.8. The van der Waals surface area contributed by atoms with Crippen LogP contribution in [-0.4, -0.2) is 19.5 Å². The summed E-state index contributed by atoms with van der Waals surface area (Å²) in [5.41, 5.74) is 4.36. The third kappa shape index (κ3) is 3.93. The van der Waals surface area contributed by atoms with Crippen molar-refractivity contribution in [2.75, 3.05) is 0 Å². The topological polar surface area (TPSA) is 82.6 Å². The zero-order chi connectivity index (χ0) is 21.9. The highest BCUT2D eigenvalue weighted by molar-refractivity contribution is 5.70. The molecule has 2 aromatic heterocycles. The van der Waals surface area contributed by atoms with Crippen LogP contribution in [-0.2, 0) is 6.61 Å². The number of hydrogen-bond donors (Lipinski definition) is 0. The summed E-state index contributed by atoms with van der Waals surface area (Å²) >= 11 is 0. The fourth-order valence-corrected chi connectivity index (χ4v) is 4.53. The Morgan fingerprint density at radius 1 is 1.00 bits per heavy atom. The molecule has 0 saturated heterocycles. The van der Waals surface area contributed by atoms with E-state index in [0.717, 1.165) is 53.8 Å². The number of ether oxygens (including phenoxy) is 1. The fourth-order valence-electron chi connectivity index (χ4n) is 4.53. The molecule has 1 fully saturated rings. The van der Waals surface area contributed by atoms with Crippen LogP contribution in [0.1, 0.15) is 49.3 Å². The zero-order valence-electron chi connectivity index (χ0n) is 17.7. The zero-order valence-corrected chi connectivity index (χ0v) is 17.7. The van der Waals surface area contributed by atoms with E-state index in [9.17, 15) is 10.1 Å². The Bertz CT molecular complexity index is 1230. The van der Waals surface area contributed by atoms with Crippen LogP contribution >= 0.6 is 0 Å². The van der Waals surface area contributed by atoms with Gasteiger partial charge in [0, 0.05) is 17.7 Å². The number of rotatable bonds is 6. The van der Waals surface area contributed by atoms with Crippen molar-refractivity contribution in [3.05, 3.63) is 88.4 Å². The summed E-state index contributed by atoms with van der Waals surface area (Å²) in [6.07, 6.45) is 8.71. The van der Waals surface area contributed by atoms with Crippen LogP contribution in [0.5, 0.6) is 5.75 Å². The molecule has 1 aliphatic carbocycles. The van der Waals surface area contributed by atoms with Crippen LogP contribution in [0, 0.1) is 10.1 Å². The summed E-state index contributed by atoms with van der Waals surface area (Å²) in [6.45, 7) is 0.512. The molecule has 7 nitrogen and oxygen atoms in total. The Morgan fingerprint density at radius 2 is 1.75 bits per heavy atom. The highest BCUT2D eigenvalue weighted by Gasteiger charge is 2.26. The standard InChI is InChI=1S/C25H24N4O3/c30-29(31)23-16-27-28-24(20-9-5-2-6-10-20)22(15-26-25(23)28)19-11-13-21(14-12-19)32-17-18-7-3-1-4-8-18/h1,3-4,7-8,11-16,20H,2,5-6,9-10,17H2. The van der Waals surface area contributed by atoms with E-state index < -0.39 is 4.92 Å². The molecule has 0 N–H and O–H groups in total. The summed E-state index contributed by atoms with van der Waals surface area (Å²) in [6, 6.07) is 18.0. The molecule has 5 rings (SSSR count).